The zero-order chi connectivity index (χ0) is 16.6. The van der Waals surface area contributed by atoms with E-state index in [4.69, 9.17) is 5.26 Å². The SMILES string of the molecule is COC(=O)c1ccccc1NC(=O)CS(=O)(=O)CCCC#N. The molecule has 1 N–H and O–H groups in total. The van der Waals surface area contributed by atoms with Crippen LogP contribution in [0.2, 0.25) is 0 Å². The number of sulfone groups is 1. The van der Waals surface area contributed by atoms with Crippen molar-refractivity contribution in [2.24, 2.45) is 0 Å². The lowest BCUT2D eigenvalue weighted by atomic mass is 10.2. The van der Waals surface area contributed by atoms with Crippen LogP contribution >= 0.6 is 0 Å². The Balaban J connectivity index is 2.74. The number of anilines is 1. The summed E-state index contributed by atoms with van der Waals surface area (Å²) in [5.41, 5.74) is 0.326. The Morgan fingerprint density at radius 3 is 2.64 bits per heavy atom. The molecule has 0 aromatic heterocycles. The molecule has 0 heterocycles. The van der Waals surface area contributed by atoms with Gasteiger partial charge in [-0.25, -0.2) is 13.2 Å². The first-order valence-electron chi connectivity index (χ1n) is 6.44. The van der Waals surface area contributed by atoms with Crippen LogP contribution in [0.15, 0.2) is 24.3 Å². The molecule has 0 atom stereocenters. The second-order valence-corrected chi connectivity index (χ2v) is 6.62. The highest BCUT2D eigenvalue weighted by Gasteiger charge is 2.18. The van der Waals surface area contributed by atoms with E-state index >= 15 is 0 Å². The van der Waals surface area contributed by atoms with E-state index in [-0.39, 0.29) is 29.8 Å². The maximum absolute atomic E-state index is 11.8. The minimum Gasteiger partial charge on any atom is -0.465 e. The summed E-state index contributed by atoms with van der Waals surface area (Å²) in [5, 5.41) is 10.8. The third-order valence-corrected chi connectivity index (χ3v) is 4.31. The molecule has 0 saturated carbocycles. The molecule has 0 bridgehead atoms. The Bertz CT molecular complexity index is 691. The van der Waals surface area contributed by atoms with Crippen LogP contribution < -0.4 is 5.32 Å². The molecule has 1 rings (SSSR count). The minimum absolute atomic E-state index is 0.117. The summed E-state index contributed by atoms with van der Waals surface area (Å²) in [6, 6.07) is 7.98. The highest BCUT2D eigenvalue weighted by molar-refractivity contribution is 7.92. The zero-order valence-corrected chi connectivity index (χ0v) is 12.9. The van der Waals surface area contributed by atoms with Crippen molar-refractivity contribution in [2.45, 2.75) is 12.8 Å². The number of esters is 1. The van der Waals surface area contributed by atoms with Crippen LogP contribution in [0.25, 0.3) is 0 Å². The van der Waals surface area contributed by atoms with E-state index in [0.717, 1.165) is 0 Å². The Kier molecular flexibility index (Phi) is 6.53. The van der Waals surface area contributed by atoms with E-state index < -0.39 is 27.5 Å². The fraction of sp³-hybridized carbons (Fsp3) is 0.357. The smallest absolute Gasteiger partial charge is 0.339 e. The second kappa shape index (κ2) is 8.14. The number of methoxy groups -OCH3 is 1. The number of carbonyl (C=O) groups excluding carboxylic acids is 2. The van der Waals surface area contributed by atoms with Gasteiger partial charge >= 0.3 is 5.97 Å². The van der Waals surface area contributed by atoms with Crippen LogP contribution in [-0.4, -0.2) is 38.9 Å². The summed E-state index contributed by atoms with van der Waals surface area (Å²) in [7, 11) is -2.38. The third kappa shape index (κ3) is 5.54. The molecular formula is C14H16N2O5S. The van der Waals surface area contributed by atoms with Gasteiger partial charge in [-0.3, -0.25) is 4.79 Å². The third-order valence-electron chi connectivity index (χ3n) is 2.70. The number of carbonyl (C=O) groups is 2. The van der Waals surface area contributed by atoms with Crippen LogP contribution in [0.3, 0.4) is 0 Å². The first kappa shape index (κ1) is 17.7. The van der Waals surface area contributed by atoms with Gasteiger partial charge in [-0.2, -0.15) is 5.26 Å². The zero-order valence-electron chi connectivity index (χ0n) is 12.0. The Morgan fingerprint density at radius 2 is 2.00 bits per heavy atom. The molecular weight excluding hydrogens is 308 g/mol. The Labute approximate surface area is 128 Å². The van der Waals surface area contributed by atoms with Crippen molar-refractivity contribution >= 4 is 27.4 Å². The van der Waals surface area contributed by atoms with Crippen molar-refractivity contribution in [2.75, 3.05) is 23.9 Å². The average molecular weight is 324 g/mol. The highest BCUT2D eigenvalue weighted by Crippen LogP contribution is 2.16. The van der Waals surface area contributed by atoms with Crippen LogP contribution in [0.4, 0.5) is 5.69 Å². The standard InChI is InChI=1S/C14H16N2O5S/c1-21-14(18)11-6-2-3-7-12(11)16-13(17)10-22(19,20)9-5-4-8-15/h2-3,6-7H,4-5,9-10H2,1H3,(H,16,17). The van der Waals surface area contributed by atoms with Gasteiger partial charge in [0.1, 0.15) is 5.75 Å². The fourth-order valence-electron chi connectivity index (χ4n) is 1.71. The van der Waals surface area contributed by atoms with Gasteiger partial charge in [0.2, 0.25) is 5.91 Å². The summed E-state index contributed by atoms with van der Waals surface area (Å²) in [6.45, 7) is 0. The molecule has 0 spiro atoms. The molecule has 0 aliphatic rings. The van der Waals surface area contributed by atoms with Crippen molar-refractivity contribution in [1.29, 1.82) is 5.26 Å². The van der Waals surface area contributed by atoms with Gasteiger partial charge < -0.3 is 10.1 Å². The molecule has 8 heteroatoms. The first-order chi connectivity index (χ1) is 10.4. The van der Waals surface area contributed by atoms with E-state index in [2.05, 4.69) is 10.1 Å². The maximum Gasteiger partial charge on any atom is 0.339 e. The lowest BCUT2D eigenvalue weighted by molar-refractivity contribution is -0.113. The van der Waals surface area contributed by atoms with Crippen LogP contribution in [0.5, 0.6) is 0 Å². The highest BCUT2D eigenvalue weighted by atomic mass is 32.2. The van der Waals surface area contributed by atoms with Crippen molar-refractivity contribution in [1.82, 2.24) is 0 Å². The number of para-hydroxylation sites is 1. The summed E-state index contributed by atoms with van der Waals surface area (Å²) >= 11 is 0. The number of rotatable bonds is 7. The molecule has 7 nitrogen and oxygen atoms in total. The lowest BCUT2D eigenvalue weighted by Crippen LogP contribution is -2.25. The molecule has 1 aromatic carbocycles. The van der Waals surface area contributed by atoms with E-state index in [1.165, 1.54) is 19.2 Å². The number of ether oxygens (including phenoxy) is 1. The number of benzene rings is 1. The van der Waals surface area contributed by atoms with Gasteiger partial charge in [-0.1, -0.05) is 12.1 Å². The van der Waals surface area contributed by atoms with Gasteiger partial charge in [0.15, 0.2) is 9.84 Å². The Morgan fingerprint density at radius 1 is 1.32 bits per heavy atom. The predicted octanol–water partition coefficient (Wildman–Crippen LogP) is 1.13. The number of hydrogen-bond donors (Lipinski definition) is 1. The number of nitrogens with one attached hydrogen (secondary N) is 1. The average Bonchev–Trinajstić information content (AvgIpc) is 2.46. The molecule has 1 amide bonds. The molecule has 118 valence electrons. The molecule has 0 radical (unpaired) electrons. The number of unbranched alkanes of at least 4 members (excludes halogenated alkanes) is 1. The van der Waals surface area contributed by atoms with Crippen LogP contribution in [0.1, 0.15) is 23.2 Å². The van der Waals surface area contributed by atoms with Gasteiger partial charge in [0.05, 0.1) is 30.2 Å². The number of nitrogens with zero attached hydrogens (tertiary/aromatic N) is 1. The summed E-state index contributed by atoms with van der Waals surface area (Å²) in [6.07, 6.45) is 0.302. The van der Waals surface area contributed by atoms with E-state index in [1.54, 1.807) is 12.1 Å². The summed E-state index contributed by atoms with van der Waals surface area (Å²) < 4.78 is 28.0. The van der Waals surface area contributed by atoms with Crippen molar-refractivity contribution in [3.8, 4) is 6.07 Å². The summed E-state index contributed by atoms with van der Waals surface area (Å²) in [4.78, 5) is 23.4. The second-order valence-electron chi connectivity index (χ2n) is 4.44. The molecule has 22 heavy (non-hydrogen) atoms. The number of amides is 1. The van der Waals surface area contributed by atoms with Crippen LogP contribution in [-0.2, 0) is 19.4 Å². The molecule has 0 aliphatic carbocycles. The van der Waals surface area contributed by atoms with Crippen molar-refractivity contribution in [3.05, 3.63) is 29.8 Å². The van der Waals surface area contributed by atoms with Crippen molar-refractivity contribution < 1.29 is 22.7 Å². The first-order valence-corrected chi connectivity index (χ1v) is 8.26. The molecule has 0 saturated heterocycles. The summed E-state index contributed by atoms with van der Waals surface area (Å²) in [5.74, 6) is -2.30. The predicted molar refractivity (Wildman–Crippen MR) is 79.9 cm³/mol. The Hall–Kier alpha value is -2.40. The number of hydrogen-bond acceptors (Lipinski definition) is 6. The van der Waals surface area contributed by atoms with E-state index in [9.17, 15) is 18.0 Å². The molecule has 1 aromatic rings. The van der Waals surface area contributed by atoms with Gasteiger partial charge in [-0.05, 0) is 18.6 Å². The number of nitriles is 1. The van der Waals surface area contributed by atoms with Crippen LogP contribution in [0, 0.1) is 11.3 Å². The molecule has 0 aliphatic heterocycles. The topological polar surface area (TPSA) is 113 Å². The fourth-order valence-corrected chi connectivity index (χ4v) is 2.91. The normalized spacial score (nSPS) is 10.5. The monoisotopic (exact) mass is 324 g/mol. The van der Waals surface area contributed by atoms with E-state index in [1.807, 2.05) is 6.07 Å². The largest absolute Gasteiger partial charge is 0.465 e. The maximum atomic E-state index is 11.8. The molecule has 0 unspecified atom stereocenters. The van der Waals surface area contributed by atoms with Gasteiger partial charge in [-0.15, -0.1) is 0 Å². The lowest BCUT2D eigenvalue weighted by Gasteiger charge is -2.09. The van der Waals surface area contributed by atoms with Gasteiger partial charge in [0, 0.05) is 6.42 Å². The van der Waals surface area contributed by atoms with E-state index in [0.29, 0.717) is 0 Å². The van der Waals surface area contributed by atoms with Gasteiger partial charge in [0.25, 0.3) is 0 Å². The quantitative estimate of drug-likeness (QED) is 0.594. The minimum atomic E-state index is -3.59. The van der Waals surface area contributed by atoms with Crippen molar-refractivity contribution in [3.63, 3.8) is 0 Å². The molecule has 0 fully saturated rings.